The zero-order valence-corrected chi connectivity index (χ0v) is 6.60. The second-order valence-corrected chi connectivity index (χ2v) is 2.45. The van der Waals surface area contributed by atoms with Crippen LogP contribution in [0.3, 0.4) is 0 Å². The molecular weight excluding hydrogens is 185 g/mol. The van der Waals surface area contributed by atoms with Crippen LogP contribution in [0, 0.1) is 5.82 Å². The van der Waals surface area contributed by atoms with Crippen LogP contribution in [0.1, 0.15) is 0 Å². The van der Waals surface area contributed by atoms with Crippen LogP contribution in [0.4, 0.5) is 10.1 Å². The topological polar surface area (TPSA) is 49.3 Å². The highest BCUT2D eigenvalue weighted by atomic mass is 35.5. The van der Waals surface area contributed by atoms with E-state index in [-0.39, 0.29) is 16.5 Å². The number of rotatable bonds is 2. The molecule has 0 heterocycles. The lowest BCUT2D eigenvalue weighted by molar-refractivity contribution is -0.105. The molecule has 0 aliphatic rings. The van der Waals surface area contributed by atoms with E-state index in [1.54, 1.807) is 0 Å². The molecule has 1 amide bonds. The summed E-state index contributed by atoms with van der Waals surface area (Å²) in [6.45, 7) is 0. The molecule has 0 bridgehead atoms. The number of carbonyl (C=O) groups is 1. The van der Waals surface area contributed by atoms with Crippen molar-refractivity contribution >= 4 is 23.7 Å². The Kier molecular flexibility index (Phi) is 2.50. The second-order valence-electron chi connectivity index (χ2n) is 2.05. The van der Waals surface area contributed by atoms with Crippen molar-refractivity contribution in [2.24, 2.45) is 0 Å². The van der Waals surface area contributed by atoms with Crippen LogP contribution >= 0.6 is 11.6 Å². The quantitative estimate of drug-likeness (QED) is 0.550. The third-order valence-electron chi connectivity index (χ3n) is 1.25. The monoisotopic (exact) mass is 189 g/mol. The molecule has 0 aromatic heterocycles. The Labute approximate surface area is 72.8 Å². The molecule has 2 N–H and O–H groups in total. The van der Waals surface area contributed by atoms with Crippen molar-refractivity contribution in [3.05, 3.63) is 23.0 Å². The fourth-order valence-electron chi connectivity index (χ4n) is 0.715. The van der Waals surface area contributed by atoms with E-state index in [0.717, 1.165) is 12.1 Å². The zero-order chi connectivity index (χ0) is 9.14. The van der Waals surface area contributed by atoms with Gasteiger partial charge in [-0.1, -0.05) is 11.6 Å². The Balaban J connectivity index is 3.13. The molecule has 1 rings (SSSR count). The Morgan fingerprint density at radius 3 is 2.83 bits per heavy atom. The smallest absolute Gasteiger partial charge is 0.211 e. The normalized spacial score (nSPS) is 9.50. The molecular formula is C7H5ClFNO2. The number of amides is 1. The maximum Gasteiger partial charge on any atom is 0.211 e. The van der Waals surface area contributed by atoms with Crippen molar-refractivity contribution in [2.45, 2.75) is 0 Å². The first-order valence-electron chi connectivity index (χ1n) is 3.03. The number of nitrogens with one attached hydrogen (secondary N) is 1. The predicted octanol–water partition coefficient (Wildman–Crippen LogP) is 1.75. The minimum absolute atomic E-state index is 0.0800. The van der Waals surface area contributed by atoms with Crippen LogP contribution in [0.25, 0.3) is 0 Å². The maximum absolute atomic E-state index is 12.6. The zero-order valence-electron chi connectivity index (χ0n) is 5.84. The fraction of sp³-hybridized carbons (Fsp3) is 0. The first-order chi connectivity index (χ1) is 5.65. The third kappa shape index (κ3) is 1.65. The van der Waals surface area contributed by atoms with Gasteiger partial charge in [-0.05, 0) is 6.07 Å². The van der Waals surface area contributed by atoms with Gasteiger partial charge in [0.15, 0.2) is 0 Å². The average molecular weight is 190 g/mol. The average Bonchev–Trinajstić information content (AvgIpc) is 2.01. The molecule has 0 atom stereocenters. The number of phenolic OH excluding ortho intramolecular Hbond substituents is 1. The van der Waals surface area contributed by atoms with Gasteiger partial charge in [-0.3, -0.25) is 4.79 Å². The van der Waals surface area contributed by atoms with Crippen LogP contribution in [0.5, 0.6) is 5.75 Å². The fourth-order valence-corrected chi connectivity index (χ4v) is 0.879. The summed E-state index contributed by atoms with van der Waals surface area (Å²) in [4.78, 5) is 9.96. The molecule has 64 valence electrons. The van der Waals surface area contributed by atoms with Crippen LogP contribution < -0.4 is 5.32 Å². The molecule has 0 aliphatic carbocycles. The predicted molar refractivity (Wildman–Crippen MR) is 42.8 cm³/mol. The maximum atomic E-state index is 12.6. The summed E-state index contributed by atoms with van der Waals surface area (Å²) >= 11 is 5.38. The summed E-state index contributed by atoms with van der Waals surface area (Å²) in [6, 6.07) is 1.95. The van der Waals surface area contributed by atoms with Gasteiger partial charge in [-0.2, -0.15) is 0 Å². The molecule has 3 nitrogen and oxygen atoms in total. The van der Waals surface area contributed by atoms with Gasteiger partial charge in [0.25, 0.3) is 0 Å². The molecule has 5 heteroatoms. The largest absolute Gasteiger partial charge is 0.506 e. The summed E-state index contributed by atoms with van der Waals surface area (Å²) in [6.07, 6.45) is 0.364. The van der Waals surface area contributed by atoms with E-state index in [9.17, 15) is 9.18 Å². The van der Waals surface area contributed by atoms with Gasteiger partial charge in [-0.25, -0.2) is 4.39 Å². The van der Waals surface area contributed by atoms with E-state index in [0.29, 0.717) is 6.41 Å². The molecule has 0 saturated carbocycles. The van der Waals surface area contributed by atoms with Crippen molar-refractivity contribution in [1.29, 1.82) is 0 Å². The summed E-state index contributed by atoms with van der Waals surface area (Å²) in [5, 5.41) is 11.0. The number of carbonyl (C=O) groups excluding carboxylic acids is 1. The lowest BCUT2D eigenvalue weighted by Crippen LogP contribution is -1.94. The van der Waals surface area contributed by atoms with Gasteiger partial charge in [0.2, 0.25) is 6.41 Å². The standard InChI is InChI=1S/C7H5ClFNO2/c8-4-1-6(10-3-11)7(12)2-5(4)9/h1-3,12H,(H,10,11). The Morgan fingerprint density at radius 2 is 2.25 bits per heavy atom. The first-order valence-corrected chi connectivity index (χ1v) is 3.41. The number of benzene rings is 1. The van der Waals surface area contributed by atoms with E-state index in [1.165, 1.54) is 0 Å². The third-order valence-corrected chi connectivity index (χ3v) is 1.54. The van der Waals surface area contributed by atoms with Crippen molar-refractivity contribution in [1.82, 2.24) is 0 Å². The van der Waals surface area contributed by atoms with Crippen LogP contribution in [-0.4, -0.2) is 11.5 Å². The number of hydrogen-bond donors (Lipinski definition) is 2. The molecule has 0 aliphatic heterocycles. The second kappa shape index (κ2) is 3.40. The number of phenols is 1. The van der Waals surface area contributed by atoms with Gasteiger partial charge in [-0.15, -0.1) is 0 Å². The van der Waals surface area contributed by atoms with E-state index in [4.69, 9.17) is 16.7 Å². The summed E-state index contributed by atoms with van der Waals surface area (Å²) in [7, 11) is 0. The summed E-state index contributed by atoms with van der Waals surface area (Å²) in [5.41, 5.74) is 0.0800. The number of anilines is 1. The number of halogens is 2. The highest BCUT2D eigenvalue weighted by molar-refractivity contribution is 6.31. The lowest BCUT2D eigenvalue weighted by atomic mass is 10.3. The molecule has 1 aromatic rings. The Morgan fingerprint density at radius 1 is 1.58 bits per heavy atom. The van der Waals surface area contributed by atoms with Crippen molar-refractivity contribution in [2.75, 3.05) is 5.32 Å². The molecule has 0 radical (unpaired) electrons. The van der Waals surface area contributed by atoms with Crippen LogP contribution in [0.15, 0.2) is 12.1 Å². The summed E-state index contributed by atoms with van der Waals surface area (Å²) < 4.78 is 12.6. The highest BCUT2D eigenvalue weighted by Crippen LogP contribution is 2.28. The molecule has 0 fully saturated rings. The van der Waals surface area contributed by atoms with Crippen molar-refractivity contribution < 1.29 is 14.3 Å². The van der Waals surface area contributed by atoms with Crippen molar-refractivity contribution in [3.8, 4) is 5.75 Å². The minimum Gasteiger partial charge on any atom is -0.506 e. The van der Waals surface area contributed by atoms with E-state index in [2.05, 4.69) is 5.32 Å². The van der Waals surface area contributed by atoms with Crippen molar-refractivity contribution in [3.63, 3.8) is 0 Å². The van der Waals surface area contributed by atoms with E-state index < -0.39 is 5.82 Å². The van der Waals surface area contributed by atoms with Crippen LogP contribution in [0.2, 0.25) is 5.02 Å². The lowest BCUT2D eigenvalue weighted by Gasteiger charge is -2.02. The molecule has 0 spiro atoms. The van der Waals surface area contributed by atoms with E-state index in [1.807, 2.05) is 0 Å². The molecule has 12 heavy (non-hydrogen) atoms. The van der Waals surface area contributed by atoms with Crippen LogP contribution in [-0.2, 0) is 4.79 Å². The van der Waals surface area contributed by atoms with Gasteiger partial charge in [0.1, 0.15) is 11.6 Å². The SMILES string of the molecule is O=CNc1cc(Cl)c(F)cc1O. The first kappa shape index (κ1) is 8.80. The van der Waals surface area contributed by atoms with Gasteiger partial charge in [0.05, 0.1) is 10.7 Å². The molecule has 0 saturated heterocycles. The number of aromatic hydroxyl groups is 1. The summed E-state index contributed by atoms with van der Waals surface area (Å²) in [5.74, 6) is -1.09. The van der Waals surface area contributed by atoms with Gasteiger partial charge >= 0.3 is 0 Å². The van der Waals surface area contributed by atoms with Gasteiger partial charge in [0, 0.05) is 6.07 Å². The number of hydrogen-bond acceptors (Lipinski definition) is 2. The Hall–Kier alpha value is -1.29. The van der Waals surface area contributed by atoms with Gasteiger partial charge < -0.3 is 10.4 Å². The Bertz CT molecular complexity index is 317. The van der Waals surface area contributed by atoms with E-state index >= 15 is 0 Å². The highest BCUT2D eigenvalue weighted by Gasteiger charge is 2.06. The minimum atomic E-state index is -0.731. The molecule has 1 aromatic carbocycles. The molecule has 0 unspecified atom stereocenters.